The average molecular weight is 312 g/mol. The smallest absolute Gasteiger partial charge is 0.333 e. The van der Waals surface area contributed by atoms with Gasteiger partial charge in [-0.25, -0.2) is 14.4 Å². The van der Waals surface area contributed by atoms with E-state index in [1.165, 1.54) is 0 Å². The van der Waals surface area contributed by atoms with Crippen LogP contribution in [-0.2, 0) is 23.9 Å². The minimum absolute atomic E-state index is 0.183. The fourth-order valence-electron chi connectivity index (χ4n) is 0.902. The summed E-state index contributed by atoms with van der Waals surface area (Å²) in [5.41, 5.74) is 0.00418. The number of carbonyl (C=O) groups is 3. The number of carboxylic acids is 1. The van der Waals surface area contributed by atoms with Gasteiger partial charge in [0.1, 0.15) is 5.60 Å². The van der Waals surface area contributed by atoms with Crippen LogP contribution < -0.4 is 0 Å². The van der Waals surface area contributed by atoms with Gasteiger partial charge >= 0.3 is 17.9 Å². The zero-order chi connectivity index (χ0) is 17.9. The molecule has 0 aromatic carbocycles. The molecule has 0 aromatic heterocycles. The highest BCUT2D eigenvalue weighted by atomic mass is 16.6. The van der Waals surface area contributed by atoms with Gasteiger partial charge in [-0.2, -0.15) is 0 Å². The highest BCUT2D eigenvalue weighted by molar-refractivity contribution is 5.87. The maximum atomic E-state index is 11.3. The van der Waals surface area contributed by atoms with Crippen LogP contribution in [0.15, 0.2) is 37.0 Å². The second-order valence-electron chi connectivity index (χ2n) is 5.14. The largest absolute Gasteiger partial charge is 0.478 e. The Morgan fingerprint density at radius 1 is 1.09 bits per heavy atom. The summed E-state index contributed by atoms with van der Waals surface area (Å²) < 4.78 is 10.1. The van der Waals surface area contributed by atoms with Gasteiger partial charge in [0.15, 0.2) is 0 Å². The predicted octanol–water partition coefficient (Wildman–Crippen LogP) is 2.65. The monoisotopic (exact) mass is 312 g/mol. The number of carbonyl (C=O) groups excluding carboxylic acids is 2. The Labute approximate surface area is 131 Å². The van der Waals surface area contributed by atoms with Crippen molar-refractivity contribution in [1.82, 2.24) is 0 Å². The summed E-state index contributed by atoms with van der Waals surface area (Å²) in [6.45, 7) is 16.8. The molecule has 0 aliphatic carbocycles. The van der Waals surface area contributed by atoms with Crippen LogP contribution in [0.5, 0.6) is 0 Å². The first-order valence-electron chi connectivity index (χ1n) is 6.49. The highest BCUT2D eigenvalue weighted by Crippen LogP contribution is 2.16. The van der Waals surface area contributed by atoms with E-state index >= 15 is 0 Å². The lowest BCUT2D eigenvalue weighted by Crippen LogP contribution is -2.30. The van der Waals surface area contributed by atoms with Crippen molar-refractivity contribution >= 4 is 17.9 Å². The molecule has 0 radical (unpaired) electrons. The lowest BCUT2D eigenvalue weighted by atomic mass is 10.1. The Hall–Kier alpha value is -2.37. The summed E-state index contributed by atoms with van der Waals surface area (Å²) in [7, 11) is 0. The van der Waals surface area contributed by atoms with E-state index in [1.807, 2.05) is 0 Å². The molecule has 0 fully saturated rings. The molecule has 6 heteroatoms. The zero-order valence-electron chi connectivity index (χ0n) is 13.6. The molecular weight excluding hydrogens is 288 g/mol. The topological polar surface area (TPSA) is 89.9 Å². The number of hydrogen-bond acceptors (Lipinski definition) is 5. The molecule has 0 saturated heterocycles. The van der Waals surface area contributed by atoms with E-state index in [0.29, 0.717) is 17.6 Å². The van der Waals surface area contributed by atoms with Crippen molar-refractivity contribution in [2.45, 2.75) is 39.7 Å². The van der Waals surface area contributed by atoms with E-state index in [0.717, 1.165) is 6.08 Å². The van der Waals surface area contributed by atoms with E-state index in [-0.39, 0.29) is 6.61 Å². The number of aliphatic carboxylic acids is 1. The van der Waals surface area contributed by atoms with Crippen LogP contribution in [0.4, 0.5) is 0 Å². The summed E-state index contributed by atoms with van der Waals surface area (Å²) in [5.74, 6) is -1.86. The van der Waals surface area contributed by atoms with Crippen LogP contribution in [0.2, 0.25) is 0 Å². The third-order valence-corrected chi connectivity index (χ3v) is 2.18. The van der Waals surface area contributed by atoms with Crippen molar-refractivity contribution in [2.75, 3.05) is 6.61 Å². The molecule has 0 aromatic rings. The van der Waals surface area contributed by atoms with Crippen molar-refractivity contribution < 1.29 is 29.0 Å². The quantitative estimate of drug-likeness (QED) is 0.574. The molecule has 6 nitrogen and oxygen atoms in total. The molecule has 0 aliphatic rings. The van der Waals surface area contributed by atoms with Crippen LogP contribution in [-0.4, -0.2) is 35.2 Å². The number of rotatable bonds is 7. The maximum Gasteiger partial charge on any atom is 0.333 e. The van der Waals surface area contributed by atoms with Crippen molar-refractivity contribution in [1.29, 1.82) is 0 Å². The van der Waals surface area contributed by atoms with Crippen molar-refractivity contribution in [2.24, 2.45) is 0 Å². The van der Waals surface area contributed by atoms with E-state index in [1.54, 1.807) is 27.7 Å². The summed E-state index contributed by atoms with van der Waals surface area (Å²) in [6, 6.07) is 0. The molecule has 0 amide bonds. The molecule has 124 valence electrons. The van der Waals surface area contributed by atoms with E-state index in [2.05, 4.69) is 19.7 Å². The molecule has 0 aliphatic heterocycles. The minimum Gasteiger partial charge on any atom is -0.478 e. The average Bonchev–Trinajstić information content (AvgIpc) is 2.38. The van der Waals surface area contributed by atoms with Crippen LogP contribution >= 0.6 is 0 Å². The predicted molar refractivity (Wildman–Crippen MR) is 83.2 cm³/mol. The van der Waals surface area contributed by atoms with E-state index in [9.17, 15) is 14.4 Å². The summed E-state index contributed by atoms with van der Waals surface area (Å²) >= 11 is 0. The maximum absolute atomic E-state index is 11.3. The fraction of sp³-hybridized carbons (Fsp3) is 0.438. The van der Waals surface area contributed by atoms with E-state index < -0.39 is 23.5 Å². The van der Waals surface area contributed by atoms with Crippen LogP contribution in [0.25, 0.3) is 0 Å². The van der Waals surface area contributed by atoms with Gasteiger partial charge in [-0.3, -0.25) is 0 Å². The number of ether oxygens (including phenoxy) is 2. The van der Waals surface area contributed by atoms with Crippen molar-refractivity contribution in [3.05, 3.63) is 37.0 Å². The second kappa shape index (κ2) is 10.4. The van der Waals surface area contributed by atoms with Gasteiger partial charge in [0.05, 0.1) is 6.61 Å². The van der Waals surface area contributed by atoms with Gasteiger partial charge in [0.2, 0.25) is 0 Å². The Bertz CT molecular complexity index is 459. The molecule has 1 N–H and O–H groups in total. The second-order valence-corrected chi connectivity index (χ2v) is 5.14. The first-order chi connectivity index (χ1) is 9.92. The molecule has 0 bridgehead atoms. The Morgan fingerprint density at radius 3 is 1.82 bits per heavy atom. The summed E-state index contributed by atoms with van der Waals surface area (Å²) in [6.07, 6.45) is 1.25. The van der Waals surface area contributed by atoms with Crippen LogP contribution in [0.3, 0.4) is 0 Å². The third kappa shape index (κ3) is 12.7. The van der Waals surface area contributed by atoms with Gasteiger partial charge < -0.3 is 14.6 Å². The van der Waals surface area contributed by atoms with E-state index in [4.69, 9.17) is 14.6 Å². The third-order valence-electron chi connectivity index (χ3n) is 2.18. The number of carboxylic acid groups (broad SMARTS) is 1. The highest BCUT2D eigenvalue weighted by Gasteiger charge is 2.23. The molecule has 0 heterocycles. The molecule has 0 atom stereocenters. The lowest BCUT2D eigenvalue weighted by Gasteiger charge is -2.24. The summed E-state index contributed by atoms with van der Waals surface area (Å²) in [5, 5.41) is 7.60. The number of esters is 2. The molecular formula is C16H24O6. The lowest BCUT2D eigenvalue weighted by molar-refractivity contribution is -0.154. The van der Waals surface area contributed by atoms with Crippen molar-refractivity contribution in [3.63, 3.8) is 0 Å². The van der Waals surface area contributed by atoms with Gasteiger partial charge in [0, 0.05) is 23.6 Å². The zero-order valence-corrected chi connectivity index (χ0v) is 13.6. The molecule has 22 heavy (non-hydrogen) atoms. The Kier molecular flexibility index (Phi) is 10.3. The van der Waals surface area contributed by atoms with Gasteiger partial charge in [-0.1, -0.05) is 19.7 Å². The molecule has 0 saturated carbocycles. The molecule has 0 rings (SSSR count). The van der Waals surface area contributed by atoms with Gasteiger partial charge in [-0.05, 0) is 27.7 Å². The first kappa shape index (κ1) is 21.9. The van der Waals surface area contributed by atoms with Gasteiger partial charge in [0.25, 0.3) is 0 Å². The normalized spacial score (nSPS) is 9.64. The Morgan fingerprint density at radius 2 is 1.50 bits per heavy atom. The standard InChI is InChI=1S/C13H20O4.C3H4O2/c1-9(2)11(14)16-8-7-13(5,6)17-12(15)10(3)4;1-2-3(4)5/h1,3,7-8H2,2,4-6H3;2H,1H2,(H,4,5). The van der Waals surface area contributed by atoms with Crippen molar-refractivity contribution in [3.8, 4) is 0 Å². The SMILES string of the molecule is C=C(C)C(=O)OCCC(C)(C)OC(=O)C(=C)C.C=CC(=O)O. The van der Waals surface area contributed by atoms with Crippen LogP contribution in [0.1, 0.15) is 34.1 Å². The Balaban J connectivity index is 0. The first-order valence-corrected chi connectivity index (χ1v) is 6.49. The fourth-order valence-corrected chi connectivity index (χ4v) is 0.902. The van der Waals surface area contributed by atoms with Gasteiger partial charge in [-0.15, -0.1) is 0 Å². The minimum atomic E-state index is -0.981. The number of hydrogen-bond donors (Lipinski definition) is 1. The van der Waals surface area contributed by atoms with Crippen LogP contribution in [0, 0.1) is 0 Å². The summed E-state index contributed by atoms with van der Waals surface area (Å²) in [4.78, 5) is 31.7. The molecule has 0 spiro atoms. The molecule has 0 unspecified atom stereocenters.